The van der Waals surface area contributed by atoms with E-state index in [2.05, 4.69) is 18.0 Å². The molecule has 0 heterocycles. The molecule has 0 aliphatic heterocycles. The van der Waals surface area contributed by atoms with E-state index in [0.29, 0.717) is 19.3 Å². The van der Waals surface area contributed by atoms with Gasteiger partial charge in [0.05, 0.1) is 0 Å². The summed E-state index contributed by atoms with van der Waals surface area (Å²) in [7, 11) is 0. The molecule has 0 radical (unpaired) electrons. The van der Waals surface area contributed by atoms with E-state index >= 15 is 0 Å². The van der Waals surface area contributed by atoms with E-state index in [1.54, 1.807) is 6.92 Å². The predicted molar refractivity (Wildman–Crippen MR) is 61.2 cm³/mol. The van der Waals surface area contributed by atoms with Gasteiger partial charge in [-0.15, -0.1) is 0 Å². The van der Waals surface area contributed by atoms with E-state index in [-0.39, 0.29) is 17.8 Å². The number of carboxylic acids is 1. The lowest BCUT2D eigenvalue weighted by Gasteiger charge is -1.94. The third-order valence-electron chi connectivity index (χ3n) is 1.74. The summed E-state index contributed by atoms with van der Waals surface area (Å²) >= 11 is 0. The fourth-order valence-electron chi connectivity index (χ4n) is 0.608. The number of hydrogen-bond donors (Lipinski definition) is 3. The molecule has 0 saturated heterocycles. The monoisotopic (exact) mass is 246 g/mol. The summed E-state index contributed by atoms with van der Waals surface area (Å²) in [6, 6.07) is 0. The Morgan fingerprint density at radius 3 is 2.00 bits per heavy atom. The van der Waals surface area contributed by atoms with Crippen molar-refractivity contribution in [3.8, 4) is 0 Å². The molecular formula is C11H18O6. The van der Waals surface area contributed by atoms with Crippen molar-refractivity contribution in [2.24, 2.45) is 0 Å². The normalized spacial score (nSPS) is 8.65. The van der Waals surface area contributed by atoms with E-state index in [9.17, 15) is 9.59 Å². The van der Waals surface area contributed by atoms with E-state index in [1.165, 1.54) is 0 Å². The van der Waals surface area contributed by atoms with Gasteiger partial charge in [0.1, 0.15) is 0 Å². The lowest BCUT2D eigenvalue weighted by molar-refractivity contribution is -0.229. The van der Waals surface area contributed by atoms with E-state index in [4.69, 9.17) is 15.5 Å². The highest BCUT2D eigenvalue weighted by atomic mass is 17.1. The summed E-state index contributed by atoms with van der Waals surface area (Å²) in [5, 5.41) is 24.2. The Morgan fingerprint density at radius 2 is 1.76 bits per heavy atom. The molecule has 0 atom stereocenters. The van der Waals surface area contributed by atoms with Crippen LogP contribution in [0.1, 0.15) is 26.2 Å². The molecule has 6 heteroatoms. The molecule has 3 N–H and O–H groups in total. The van der Waals surface area contributed by atoms with Crippen molar-refractivity contribution in [2.45, 2.75) is 26.2 Å². The molecule has 0 amide bonds. The van der Waals surface area contributed by atoms with Crippen LogP contribution < -0.4 is 0 Å². The van der Waals surface area contributed by atoms with Gasteiger partial charge in [-0.1, -0.05) is 20.1 Å². The number of carbonyl (C=O) groups excluding carboxylic acids is 1. The largest absolute Gasteiger partial charge is 0.478 e. The molecule has 98 valence electrons. The maximum atomic E-state index is 10.2. The van der Waals surface area contributed by atoms with Crippen molar-refractivity contribution in [1.29, 1.82) is 0 Å². The molecule has 0 bridgehead atoms. The number of carbonyl (C=O) groups is 2. The Labute approximate surface area is 99.8 Å². The van der Waals surface area contributed by atoms with Gasteiger partial charge < -0.3 is 10.2 Å². The number of hydrogen-bond acceptors (Lipinski definition) is 5. The summed E-state index contributed by atoms with van der Waals surface area (Å²) in [6.07, 6.45) is 1.34. The van der Waals surface area contributed by atoms with Crippen LogP contribution >= 0.6 is 0 Å². The highest BCUT2D eigenvalue weighted by molar-refractivity contribution is 5.87. The van der Waals surface area contributed by atoms with Crippen LogP contribution in [0.25, 0.3) is 0 Å². The second kappa shape index (κ2) is 10.8. The SMILES string of the molecule is C=C(CC)C(=O)OO.C=C(CCCO)C(=O)O. The van der Waals surface area contributed by atoms with Crippen molar-refractivity contribution in [3.05, 3.63) is 24.3 Å². The van der Waals surface area contributed by atoms with Crippen LogP contribution in [0, 0.1) is 0 Å². The molecule has 0 aromatic rings. The van der Waals surface area contributed by atoms with Crippen molar-refractivity contribution in [3.63, 3.8) is 0 Å². The lowest BCUT2D eigenvalue weighted by atomic mass is 10.2. The van der Waals surface area contributed by atoms with E-state index in [0.717, 1.165) is 0 Å². The third kappa shape index (κ3) is 10.6. The van der Waals surface area contributed by atoms with Gasteiger partial charge in [-0.2, -0.15) is 5.26 Å². The number of aliphatic hydroxyl groups excluding tert-OH is 1. The summed E-state index contributed by atoms with van der Waals surface area (Å²) in [4.78, 5) is 23.6. The zero-order valence-corrected chi connectivity index (χ0v) is 9.81. The molecule has 0 unspecified atom stereocenters. The summed E-state index contributed by atoms with van der Waals surface area (Å²) < 4.78 is 0. The van der Waals surface area contributed by atoms with Crippen LogP contribution in [0.15, 0.2) is 24.3 Å². The van der Waals surface area contributed by atoms with Gasteiger partial charge in [-0.05, 0) is 19.3 Å². The van der Waals surface area contributed by atoms with Crippen molar-refractivity contribution in [1.82, 2.24) is 0 Å². The maximum Gasteiger partial charge on any atom is 0.368 e. The second-order valence-electron chi connectivity index (χ2n) is 3.07. The first-order chi connectivity index (χ1) is 7.90. The summed E-state index contributed by atoms with van der Waals surface area (Å²) in [6.45, 7) is 8.36. The van der Waals surface area contributed by atoms with Crippen LogP contribution in [-0.4, -0.2) is 34.0 Å². The molecule has 17 heavy (non-hydrogen) atoms. The van der Waals surface area contributed by atoms with Gasteiger partial charge in [-0.3, -0.25) is 4.89 Å². The number of rotatable bonds is 6. The fourth-order valence-corrected chi connectivity index (χ4v) is 0.608. The van der Waals surface area contributed by atoms with Crippen LogP contribution in [0.2, 0.25) is 0 Å². The van der Waals surface area contributed by atoms with Gasteiger partial charge in [0.25, 0.3) is 0 Å². The molecule has 0 rings (SSSR count). The van der Waals surface area contributed by atoms with Crippen LogP contribution in [0.4, 0.5) is 0 Å². The van der Waals surface area contributed by atoms with Crippen molar-refractivity contribution < 1.29 is 29.9 Å². The third-order valence-corrected chi connectivity index (χ3v) is 1.74. The smallest absolute Gasteiger partial charge is 0.368 e. The Hall–Kier alpha value is -1.66. The lowest BCUT2D eigenvalue weighted by Crippen LogP contribution is -2.02. The zero-order valence-electron chi connectivity index (χ0n) is 9.81. The first kappa shape index (κ1) is 17.7. The Bertz CT molecular complexity index is 268. The summed E-state index contributed by atoms with van der Waals surface area (Å²) in [5.41, 5.74) is 0.427. The predicted octanol–water partition coefficient (Wildman–Crippen LogP) is 1.37. The molecular weight excluding hydrogens is 228 g/mol. The van der Waals surface area contributed by atoms with Crippen molar-refractivity contribution in [2.75, 3.05) is 6.61 Å². The first-order valence-electron chi connectivity index (χ1n) is 4.96. The molecule has 0 saturated carbocycles. The molecule has 0 aromatic heterocycles. The molecule has 0 spiro atoms. The minimum Gasteiger partial charge on any atom is -0.478 e. The average Bonchev–Trinajstić information content (AvgIpc) is 2.34. The van der Waals surface area contributed by atoms with Gasteiger partial charge in [-0.25, -0.2) is 9.59 Å². The van der Waals surface area contributed by atoms with Crippen LogP contribution in [-0.2, 0) is 14.5 Å². The zero-order chi connectivity index (χ0) is 13.8. The minimum atomic E-state index is -0.983. The van der Waals surface area contributed by atoms with Crippen molar-refractivity contribution >= 4 is 11.9 Å². The van der Waals surface area contributed by atoms with Gasteiger partial charge in [0.2, 0.25) is 0 Å². The second-order valence-corrected chi connectivity index (χ2v) is 3.07. The van der Waals surface area contributed by atoms with Gasteiger partial charge in [0, 0.05) is 17.8 Å². The minimum absolute atomic E-state index is 0.0201. The van der Waals surface area contributed by atoms with Gasteiger partial charge >= 0.3 is 11.9 Å². The quantitative estimate of drug-likeness (QED) is 0.371. The fraction of sp³-hybridized carbons (Fsp3) is 0.455. The van der Waals surface area contributed by atoms with E-state index < -0.39 is 11.9 Å². The molecule has 0 fully saturated rings. The highest BCUT2D eigenvalue weighted by Crippen LogP contribution is 2.00. The standard InChI is InChI=1S/C6H10O3.C5H8O3/c1-5(6(8)9)3-2-4-7;1-3-4(2)5(6)8-7/h7H,1-4H2,(H,8,9);7H,2-3H2,1H3. The maximum absolute atomic E-state index is 10.2. The molecule has 0 aliphatic rings. The Morgan fingerprint density at radius 1 is 1.24 bits per heavy atom. The molecule has 0 aliphatic carbocycles. The Balaban J connectivity index is 0. The summed E-state index contributed by atoms with van der Waals surface area (Å²) in [5.74, 6) is -1.74. The van der Waals surface area contributed by atoms with Crippen LogP contribution in [0.3, 0.4) is 0 Å². The highest BCUT2D eigenvalue weighted by Gasteiger charge is 2.03. The number of carboxylic acid groups (broad SMARTS) is 1. The van der Waals surface area contributed by atoms with Gasteiger partial charge in [0.15, 0.2) is 0 Å². The molecule has 6 nitrogen and oxygen atoms in total. The topological polar surface area (TPSA) is 104 Å². The average molecular weight is 246 g/mol. The number of aliphatic carboxylic acids is 1. The Kier molecular flexibility index (Phi) is 11.3. The molecule has 0 aromatic carbocycles. The van der Waals surface area contributed by atoms with E-state index in [1.807, 2.05) is 0 Å². The first-order valence-corrected chi connectivity index (χ1v) is 4.96. The van der Waals surface area contributed by atoms with Crippen LogP contribution in [0.5, 0.6) is 0 Å². The number of aliphatic hydroxyl groups is 1.